The maximum Gasteiger partial charge on any atom is 0.226 e. The molecule has 0 aliphatic carbocycles. The number of hydrogen-bond acceptors (Lipinski definition) is 3. The first kappa shape index (κ1) is 19.4. The van der Waals surface area contributed by atoms with Crippen LogP contribution in [-0.4, -0.2) is 42.1 Å². The fourth-order valence-corrected chi connectivity index (χ4v) is 2.79. The van der Waals surface area contributed by atoms with Gasteiger partial charge >= 0.3 is 0 Å². The molecular formula is C15H16F5N3OS. The van der Waals surface area contributed by atoms with Crippen LogP contribution in [0.1, 0.15) is 19.8 Å². The molecule has 0 aromatic heterocycles. The van der Waals surface area contributed by atoms with Crippen LogP contribution in [0.2, 0.25) is 0 Å². The van der Waals surface area contributed by atoms with Gasteiger partial charge in [0.15, 0.2) is 28.4 Å². The number of halogens is 5. The lowest BCUT2D eigenvalue weighted by molar-refractivity contribution is -0.119. The summed E-state index contributed by atoms with van der Waals surface area (Å²) in [5, 5.41) is 2.71. The Kier molecular flexibility index (Phi) is 6.15. The highest BCUT2D eigenvalue weighted by atomic mass is 32.1. The van der Waals surface area contributed by atoms with E-state index < -0.39 is 34.8 Å². The summed E-state index contributed by atoms with van der Waals surface area (Å²) < 4.78 is 67.4. The van der Waals surface area contributed by atoms with Crippen molar-refractivity contribution in [1.82, 2.24) is 10.2 Å². The lowest BCUT2D eigenvalue weighted by Gasteiger charge is -2.37. The van der Waals surface area contributed by atoms with Crippen LogP contribution in [0.5, 0.6) is 0 Å². The predicted octanol–water partition coefficient (Wildman–Crippen LogP) is 2.71. The van der Waals surface area contributed by atoms with Gasteiger partial charge in [0, 0.05) is 32.6 Å². The van der Waals surface area contributed by atoms with E-state index >= 15 is 0 Å². The topological polar surface area (TPSA) is 35.6 Å². The maximum absolute atomic E-state index is 13.8. The number of carbonyl (C=O) groups is 1. The number of thiocarbonyl (C=S) groups is 1. The standard InChI is InChI=1S/C15H16F5N3OS/c1-2-3-8(24)21-15(25)23-6-4-22(5-7-23)14-12(19)10(17)9(16)11(18)13(14)20/h2-7H2,1H3,(H,21,24,25). The van der Waals surface area contributed by atoms with Crippen LogP contribution >= 0.6 is 12.2 Å². The van der Waals surface area contributed by atoms with Crippen molar-refractivity contribution in [1.29, 1.82) is 0 Å². The lowest BCUT2D eigenvalue weighted by atomic mass is 10.2. The van der Waals surface area contributed by atoms with Crippen LogP contribution in [0.3, 0.4) is 0 Å². The van der Waals surface area contributed by atoms with Crippen molar-refractivity contribution in [3.8, 4) is 0 Å². The second-order valence-electron chi connectivity index (χ2n) is 5.50. The van der Waals surface area contributed by atoms with Crippen LogP contribution < -0.4 is 10.2 Å². The molecule has 1 saturated heterocycles. The molecule has 10 heteroatoms. The molecule has 0 spiro atoms. The molecule has 2 rings (SSSR count). The Morgan fingerprint density at radius 3 is 1.92 bits per heavy atom. The number of benzene rings is 1. The molecule has 0 radical (unpaired) electrons. The summed E-state index contributed by atoms with van der Waals surface area (Å²) in [5.41, 5.74) is -0.947. The van der Waals surface area contributed by atoms with Gasteiger partial charge in [0.1, 0.15) is 5.69 Å². The molecule has 138 valence electrons. The van der Waals surface area contributed by atoms with Gasteiger partial charge in [-0.25, -0.2) is 22.0 Å². The summed E-state index contributed by atoms with van der Waals surface area (Å²) in [6.07, 6.45) is 0.965. The Bertz CT molecular complexity index is 663. The Hall–Kier alpha value is -1.97. The summed E-state index contributed by atoms with van der Waals surface area (Å²) in [5.74, 6) is -10.1. The Morgan fingerprint density at radius 2 is 1.44 bits per heavy atom. The van der Waals surface area contributed by atoms with E-state index in [1.54, 1.807) is 4.90 Å². The van der Waals surface area contributed by atoms with E-state index in [9.17, 15) is 26.7 Å². The Morgan fingerprint density at radius 1 is 0.960 bits per heavy atom. The van der Waals surface area contributed by atoms with E-state index in [0.29, 0.717) is 12.8 Å². The minimum Gasteiger partial charge on any atom is -0.363 e. The van der Waals surface area contributed by atoms with E-state index in [0.717, 1.165) is 4.90 Å². The molecular weight excluding hydrogens is 365 g/mol. The molecule has 25 heavy (non-hydrogen) atoms. The van der Waals surface area contributed by atoms with Gasteiger partial charge in [-0.3, -0.25) is 4.79 Å². The van der Waals surface area contributed by atoms with Crippen LogP contribution in [0, 0.1) is 29.1 Å². The summed E-state index contributed by atoms with van der Waals surface area (Å²) in [7, 11) is 0. The van der Waals surface area contributed by atoms with Crippen LogP contribution in [0.4, 0.5) is 27.6 Å². The van der Waals surface area contributed by atoms with Gasteiger partial charge in [-0.15, -0.1) is 0 Å². The quantitative estimate of drug-likeness (QED) is 0.378. The number of rotatable bonds is 3. The van der Waals surface area contributed by atoms with Crippen LogP contribution in [0.25, 0.3) is 0 Å². The third kappa shape index (κ3) is 4.00. The van der Waals surface area contributed by atoms with Crippen LogP contribution in [-0.2, 0) is 4.79 Å². The molecule has 1 aromatic carbocycles. The fraction of sp³-hybridized carbons (Fsp3) is 0.467. The van der Waals surface area contributed by atoms with E-state index in [4.69, 9.17) is 12.2 Å². The lowest BCUT2D eigenvalue weighted by Crippen LogP contribution is -2.53. The van der Waals surface area contributed by atoms with Crippen molar-refractivity contribution in [2.75, 3.05) is 31.1 Å². The van der Waals surface area contributed by atoms with E-state index in [2.05, 4.69) is 5.32 Å². The first-order valence-corrected chi connectivity index (χ1v) is 8.03. The molecule has 0 saturated carbocycles. The second kappa shape index (κ2) is 7.94. The summed E-state index contributed by atoms with van der Waals surface area (Å²) in [6, 6.07) is 0. The first-order valence-electron chi connectivity index (χ1n) is 7.63. The Balaban J connectivity index is 2.08. The molecule has 1 aliphatic rings. The third-order valence-corrected chi connectivity index (χ3v) is 4.15. The van der Waals surface area contributed by atoms with E-state index in [-0.39, 0.29) is 37.2 Å². The van der Waals surface area contributed by atoms with Crippen molar-refractivity contribution < 1.29 is 26.7 Å². The molecule has 1 amide bonds. The minimum absolute atomic E-state index is 0.0118. The minimum atomic E-state index is -2.18. The molecule has 1 fully saturated rings. The maximum atomic E-state index is 13.8. The van der Waals surface area contributed by atoms with Gasteiger partial charge in [-0.05, 0) is 18.6 Å². The average molecular weight is 381 g/mol. The number of anilines is 1. The molecule has 0 bridgehead atoms. The van der Waals surface area contributed by atoms with E-state index in [1.807, 2.05) is 6.92 Å². The fourth-order valence-electron chi connectivity index (χ4n) is 2.49. The average Bonchev–Trinajstić information content (AvgIpc) is 2.59. The zero-order valence-electron chi connectivity index (χ0n) is 13.3. The number of nitrogens with zero attached hydrogens (tertiary/aromatic N) is 2. The van der Waals surface area contributed by atoms with Crippen LogP contribution in [0.15, 0.2) is 0 Å². The molecule has 0 atom stereocenters. The predicted molar refractivity (Wildman–Crippen MR) is 85.7 cm³/mol. The van der Waals surface area contributed by atoms with E-state index in [1.165, 1.54) is 0 Å². The number of hydrogen-bond donors (Lipinski definition) is 1. The first-order chi connectivity index (χ1) is 11.8. The zero-order chi connectivity index (χ0) is 18.7. The SMILES string of the molecule is CCCC(=O)NC(=S)N1CCN(c2c(F)c(F)c(F)c(F)c2F)CC1. The summed E-state index contributed by atoms with van der Waals surface area (Å²) in [4.78, 5) is 14.2. The molecule has 1 aliphatic heterocycles. The summed E-state index contributed by atoms with van der Waals surface area (Å²) in [6.45, 7) is 2.16. The number of carbonyl (C=O) groups excluding carboxylic acids is 1. The normalized spacial score (nSPS) is 14.6. The number of nitrogens with one attached hydrogen (secondary N) is 1. The van der Waals surface area contributed by atoms with Crippen molar-refractivity contribution in [3.63, 3.8) is 0 Å². The second-order valence-corrected chi connectivity index (χ2v) is 5.88. The van der Waals surface area contributed by atoms with Crippen molar-refractivity contribution >= 4 is 28.9 Å². The van der Waals surface area contributed by atoms with Gasteiger partial charge in [-0.2, -0.15) is 0 Å². The molecule has 4 nitrogen and oxygen atoms in total. The molecule has 1 aromatic rings. The molecule has 1 N–H and O–H groups in total. The summed E-state index contributed by atoms with van der Waals surface area (Å²) >= 11 is 5.09. The van der Waals surface area contributed by atoms with Gasteiger partial charge in [-0.1, -0.05) is 6.92 Å². The van der Waals surface area contributed by atoms with Gasteiger partial charge in [0.05, 0.1) is 0 Å². The third-order valence-electron chi connectivity index (χ3n) is 3.79. The zero-order valence-corrected chi connectivity index (χ0v) is 14.2. The number of piperazine rings is 1. The smallest absolute Gasteiger partial charge is 0.226 e. The van der Waals surface area contributed by atoms with Gasteiger partial charge in [0.2, 0.25) is 11.7 Å². The Labute approximate surface area is 146 Å². The monoisotopic (exact) mass is 381 g/mol. The van der Waals surface area contributed by atoms with Gasteiger partial charge in [0.25, 0.3) is 0 Å². The molecule has 1 heterocycles. The molecule has 0 unspecified atom stereocenters. The highest BCUT2D eigenvalue weighted by Crippen LogP contribution is 2.30. The van der Waals surface area contributed by atoms with Crippen molar-refractivity contribution in [2.24, 2.45) is 0 Å². The van der Waals surface area contributed by atoms with Crippen molar-refractivity contribution in [3.05, 3.63) is 29.1 Å². The number of amides is 1. The largest absolute Gasteiger partial charge is 0.363 e. The highest BCUT2D eigenvalue weighted by Gasteiger charge is 2.31. The van der Waals surface area contributed by atoms with Gasteiger partial charge < -0.3 is 15.1 Å². The van der Waals surface area contributed by atoms with Crippen molar-refractivity contribution in [2.45, 2.75) is 19.8 Å². The highest BCUT2D eigenvalue weighted by molar-refractivity contribution is 7.80.